The zero-order valence-corrected chi connectivity index (χ0v) is 16.2. The molecule has 2 rings (SSSR count). The number of amides is 2. The van der Waals surface area contributed by atoms with Gasteiger partial charge < -0.3 is 15.4 Å². The van der Waals surface area contributed by atoms with Gasteiger partial charge in [0.25, 0.3) is 5.56 Å². The van der Waals surface area contributed by atoms with Crippen LogP contribution in [0.5, 0.6) is 0 Å². The van der Waals surface area contributed by atoms with E-state index in [0.29, 0.717) is 23.2 Å². The first-order valence-corrected chi connectivity index (χ1v) is 8.80. The number of H-pyrrole nitrogens is 1. The van der Waals surface area contributed by atoms with Gasteiger partial charge in [-0.05, 0) is 51.0 Å². The minimum atomic E-state index is -0.909. The van der Waals surface area contributed by atoms with Crippen LogP contribution >= 0.6 is 0 Å². The van der Waals surface area contributed by atoms with Crippen molar-refractivity contribution < 1.29 is 18.7 Å². The first-order valence-electron chi connectivity index (χ1n) is 8.80. The highest BCUT2D eigenvalue weighted by molar-refractivity contribution is 5.96. The van der Waals surface area contributed by atoms with E-state index in [-0.39, 0.29) is 17.9 Å². The fourth-order valence-electron chi connectivity index (χ4n) is 2.47. The SMILES string of the molecule is CCOC(=O)NC(C)C(=O)Nc1cc(Cc2n[nH]c(=O)c(C)c2C)ccc1F. The maximum Gasteiger partial charge on any atom is 0.407 e. The summed E-state index contributed by atoms with van der Waals surface area (Å²) in [7, 11) is 0. The molecular formula is C19H23FN4O4. The van der Waals surface area contributed by atoms with Crippen molar-refractivity contribution >= 4 is 17.7 Å². The zero-order valence-electron chi connectivity index (χ0n) is 16.2. The fourth-order valence-corrected chi connectivity index (χ4v) is 2.47. The molecule has 0 bridgehead atoms. The Labute approximate surface area is 161 Å². The lowest BCUT2D eigenvalue weighted by atomic mass is 10.0. The summed E-state index contributed by atoms with van der Waals surface area (Å²) in [6.07, 6.45) is -0.377. The van der Waals surface area contributed by atoms with Gasteiger partial charge in [-0.15, -0.1) is 0 Å². The molecule has 1 unspecified atom stereocenters. The lowest BCUT2D eigenvalue weighted by Gasteiger charge is -2.15. The number of nitrogens with zero attached hydrogens (tertiary/aromatic N) is 1. The van der Waals surface area contributed by atoms with Crippen LogP contribution in [0.3, 0.4) is 0 Å². The van der Waals surface area contributed by atoms with Crippen molar-refractivity contribution in [3.05, 3.63) is 56.8 Å². The summed E-state index contributed by atoms with van der Waals surface area (Å²) >= 11 is 0. The van der Waals surface area contributed by atoms with E-state index in [1.807, 2.05) is 0 Å². The average molecular weight is 390 g/mol. The van der Waals surface area contributed by atoms with Crippen LogP contribution in [0.2, 0.25) is 0 Å². The maximum absolute atomic E-state index is 14.1. The Bertz CT molecular complexity index is 942. The van der Waals surface area contributed by atoms with Crippen molar-refractivity contribution in [3.8, 4) is 0 Å². The van der Waals surface area contributed by atoms with Crippen LogP contribution in [-0.2, 0) is 16.0 Å². The maximum atomic E-state index is 14.1. The molecule has 0 saturated heterocycles. The molecule has 8 nitrogen and oxygen atoms in total. The van der Waals surface area contributed by atoms with Gasteiger partial charge in [0, 0.05) is 12.0 Å². The third kappa shape index (κ3) is 5.15. The standard InChI is InChI=1S/C19H23FN4O4/c1-5-28-19(27)21-12(4)18(26)22-16-9-13(6-7-14(16)20)8-15-10(2)11(3)17(25)24-23-15/h6-7,9,12H,5,8H2,1-4H3,(H,21,27)(H,22,26)(H,24,25). The van der Waals surface area contributed by atoms with Gasteiger partial charge in [0.05, 0.1) is 18.0 Å². The lowest BCUT2D eigenvalue weighted by Crippen LogP contribution is -2.42. The quantitative estimate of drug-likeness (QED) is 0.700. The molecule has 0 saturated carbocycles. The number of benzene rings is 1. The van der Waals surface area contributed by atoms with Crippen molar-refractivity contribution in [1.82, 2.24) is 15.5 Å². The number of hydrogen-bond acceptors (Lipinski definition) is 5. The first kappa shape index (κ1) is 21.1. The molecule has 28 heavy (non-hydrogen) atoms. The van der Waals surface area contributed by atoms with E-state index in [0.717, 1.165) is 5.56 Å². The zero-order chi connectivity index (χ0) is 20.8. The Morgan fingerprint density at radius 1 is 1.29 bits per heavy atom. The molecule has 150 valence electrons. The molecule has 1 heterocycles. The summed E-state index contributed by atoms with van der Waals surface area (Å²) in [5.74, 6) is -1.19. The molecule has 0 aliphatic carbocycles. The molecular weight excluding hydrogens is 367 g/mol. The number of ether oxygens (including phenoxy) is 1. The van der Waals surface area contributed by atoms with E-state index >= 15 is 0 Å². The highest BCUT2D eigenvalue weighted by Gasteiger charge is 2.18. The molecule has 0 spiro atoms. The molecule has 0 radical (unpaired) electrons. The number of carbonyl (C=O) groups is 2. The second kappa shape index (κ2) is 9.12. The minimum absolute atomic E-state index is 0.0150. The number of aromatic nitrogens is 2. The predicted octanol–water partition coefficient (Wildman–Crippen LogP) is 2.19. The van der Waals surface area contributed by atoms with Crippen molar-refractivity contribution in [2.45, 2.75) is 40.2 Å². The van der Waals surface area contributed by atoms with Gasteiger partial charge >= 0.3 is 6.09 Å². The van der Waals surface area contributed by atoms with Crippen LogP contribution in [0.4, 0.5) is 14.9 Å². The molecule has 1 aromatic carbocycles. The summed E-state index contributed by atoms with van der Waals surface area (Å²) in [6, 6.07) is 3.40. The Morgan fingerprint density at radius 2 is 2.00 bits per heavy atom. The summed E-state index contributed by atoms with van der Waals surface area (Å²) in [6.45, 7) is 6.78. The van der Waals surface area contributed by atoms with Gasteiger partial charge in [-0.2, -0.15) is 5.10 Å². The molecule has 9 heteroatoms. The predicted molar refractivity (Wildman–Crippen MR) is 102 cm³/mol. The van der Waals surface area contributed by atoms with Gasteiger partial charge in [-0.3, -0.25) is 9.59 Å². The molecule has 1 aromatic heterocycles. The van der Waals surface area contributed by atoms with E-state index in [1.165, 1.54) is 19.1 Å². The largest absolute Gasteiger partial charge is 0.450 e. The van der Waals surface area contributed by atoms with Gasteiger partial charge in [0.1, 0.15) is 11.9 Å². The fraction of sp³-hybridized carbons (Fsp3) is 0.368. The number of halogens is 1. The lowest BCUT2D eigenvalue weighted by molar-refractivity contribution is -0.117. The van der Waals surface area contributed by atoms with Crippen LogP contribution < -0.4 is 16.2 Å². The number of aromatic amines is 1. The van der Waals surface area contributed by atoms with E-state index in [2.05, 4.69) is 20.8 Å². The van der Waals surface area contributed by atoms with Crippen molar-refractivity contribution in [2.75, 3.05) is 11.9 Å². The Balaban J connectivity index is 2.15. The molecule has 0 fully saturated rings. The molecule has 1 atom stereocenters. The molecule has 2 amide bonds. The second-order valence-corrected chi connectivity index (χ2v) is 6.32. The second-order valence-electron chi connectivity index (χ2n) is 6.32. The summed E-state index contributed by atoms with van der Waals surface area (Å²) in [5.41, 5.74) is 2.41. The molecule has 0 aliphatic rings. The highest BCUT2D eigenvalue weighted by atomic mass is 19.1. The third-order valence-electron chi connectivity index (χ3n) is 4.29. The van der Waals surface area contributed by atoms with E-state index in [1.54, 1.807) is 26.8 Å². The summed E-state index contributed by atoms with van der Waals surface area (Å²) < 4.78 is 18.8. The Hall–Kier alpha value is -3.23. The molecule has 2 aromatic rings. The normalized spacial score (nSPS) is 11.6. The summed E-state index contributed by atoms with van der Waals surface area (Å²) in [5, 5.41) is 11.3. The molecule has 0 aliphatic heterocycles. The number of hydrogen-bond donors (Lipinski definition) is 3. The van der Waals surface area contributed by atoms with E-state index in [9.17, 15) is 18.8 Å². The topological polar surface area (TPSA) is 113 Å². The van der Waals surface area contributed by atoms with Crippen LogP contribution in [-0.4, -0.2) is 34.8 Å². The van der Waals surface area contributed by atoms with Crippen LogP contribution in [0.15, 0.2) is 23.0 Å². The number of anilines is 1. The van der Waals surface area contributed by atoms with Gasteiger partial charge in [-0.25, -0.2) is 14.3 Å². The van der Waals surface area contributed by atoms with E-state index in [4.69, 9.17) is 4.74 Å². The van der Waals surface area contributed by atoms with Gasteiger partial charge in [-0.1, -0.05) is 6.07 Å². The number of rotatable bonds is 6. The smallest absolute Gasteiger partial charge is 0.407 e. The van der Waals surface area contributed by atoms with Crippen molar-refractivity contribution in [1.29, 1.82) is 0 Å². The van der Waals surface area contributed by atoms with Gasteiger partial charge in [0.15, 0.2) is 0 Å². The van der Waals surface area contributed by atoms with E-state index < -0.39 is 23.9 Å². The Morgan fingerprint density at radius 3 is 2.68 bits per heavy atom. The average Bonchev–Trinajstić information content (AvgIpc) is 2.65. The minimum Gasteiger partial charge on any atom is -0.450 e. The number of carbonyl (C=O) groups excluding carboxylic acids is 2. The van der Waals surface area contributed by atoms with Crippen molar-refractivity contribution in [3.63, 3.8) is 0 Å². The van der Waals surface area contributed by atoms with Crippen molar-refractivity contribution in [2.24, 2.45) is 0 Å². The van der Waals surface area contributed by atoms with Crippen LogP contribution in [0.1, 0.15) is 36.2 Å². The first-order chi connectivity index (χ1) is 13.2. The third-order valence-corrected chi connectivity index (χ3v) is 4.29. The number of alkyl carbamates (subject to hydrolysis) is 1. The highest BCUT2D eigenvalue weighted by Crippen LogP contribution is 2.19. The molecule has 3 N–H and O–H groups in total. The Kier molecular flexibility index (Phi) is 6.86. The van der Waals surface area contributed by atoms with Crippen LogP contribution in [0, 0.1) is 19.7 Å². The summed E-state index contributed by atoms with van der Waals surface area (Å²) in [4.78, 5) is 35.2. The number of nitrogens with one attached hydrogen (secondary N) is 3. The van der Waals surface area contributed by atoms with Crippen LogP contribution in [0.25, 0.3) is 0 Å². The monoisotopic (exact) mass is 390 g/mol. The van der Waals surface area contributed by atoms with Gasteiger partial charge in [0.2, 0.25) is 5.91 Å².